The molecule has 0 heterocycles. The zero-order valence-corrected chi connectivity index (χ0v) is 10.9. The minimum absolute atomic E-state index is 0.589. The third kappa shape index (κ3) is 1.72. The predicted molar refractivity (Wildman–Crippen MR) is 67.4 cm³/mol. The number of ether oxygens (including phenoxy) is 2. The van der Waals surface area contributed by atoms with Crippen molar-refractivity contribution in [1.82, 2.24) is 0 Å². The Morgan fingerprint density at radius 2 is 1.78 bits per heavy atom. The first kappa shape index (κ1) is 12.7. The van der Waals surface area contributed by atoms with Gasteiger partial charge in [-0.2, -0.15) is 0 Å². The third-order valence-corrected chi connectivity index (χ3v) is 3.86. The maximum atomic E-state index is 11.5. The Bertz CT molecular complexity index is 475. The molecule has 0 unspecified atom stereocenters. The quantitative estimate of drug-likeness (QED) is 0.892. The molecule has 0 atom stereocenters. The molecule has 1 aromatic carbocycles. The predicted octanol–water partition coefficient (Wildman–Crippen LogP) is 2.52. The summed E-state index contributed by atoms with van der Waals surface area (Å²) in [6.07, 6.45) is 2.34. The molecule has 1 aromatic rings. The zero-order chi connectivity index (χ0) is 13.3. The Morgan fingerprint density at radius 3 is 2.17 bits per heavy atom. The van der Waals surface area contributed by atoms with Crippen LogP contribution in [0.15, 0.2) is 12.1 Å². The highest BCUT2D eigenvalue weighted by Crippen LogP contribution is 2.47. The summed E-state index contributed by atoms with van der Waals surface area (Å²) in [6.45, 7) is 1.92. The van der Waals surface area contributed by atoms with Crippen molar-refractivity contribution in [1.29, 1.82) is 0 Å². The van der Waals surface area contributed by atoms with Gasteiger partial charge in [0.2, 0.25) is 0 Å². The van der Waals surface area contributed by atoms with E-state index in [9.17, 15) is 9.90 Å². The molecule has 1 N–H and O–H groups in total. The second-order valence-electron chi connectivity index (χ2n) is 4.76. The summed E-state index contributed by atoms with van der Waals surface area (Å²) in [5.41, 5.74) is 1.05. The number of rotatable bonds is 4. The molecule has 4 heteroatoms. The van der Waals surface area contributed by atoms with Gasteiger partial charge in [0.25, 0.3) is 0 Å². The number of hydrogen-bond acceptors (Lipinski definition) is 3. The lowest BCUT2D eigenvalue weighted by Gasteiger charge is -2.39. The Balaban J connectivity index is 2.54. The number of aryl methyl sites for hydroxylation is 1. The molecule has 0 spiro atoms. The van der Waals surface area contributed by atoms with Crippen LogP contribution in [-0.4, -0.2) is 25.3 Å². The first-order chi connectivity index (χ1) is 8.55. The number of benzene rings is 1. The molecular weight excluding hydrogens is 232 g/mol. The largest absolute Gasteiger partial charge is 0.493 e. The summed E-state index contributed by atoms with van der Waals surface area (Å²) in [6, 6.07) is 3.65. The molecule has 0 amide bonds. The molecular formula is C14H18O4. The van der Waals surface area contributed by atoms with E-state index in [-0.39, 0.29) is 0 Å². The highest BCUT2D eigenvalue weighted by Gasteiger charge is 2.47. The summed E-state index contributed by atoms with van der Waals surface area (Å²) in [4.78, 5) is 11.5. The van der Waals surface area contributed by atoms with Crippen LogP contribution in [0.3, 0.4) is 0 Å². The van der Waals surface area contributed by atoms with Crippen molar-refractivity contribution in [2.45, 2.75) is 31.6 Å². The van der Waals surface area contributed by atoms with E-state index in [1.165, 1.54) is 0 Å². The summed E-state index contributed by atoms with van der Waals surface area (Å²) in [7, 11) is 3.14. The van der Waals surface area contributed by atoms with E-state index in [2.05, 4.69) is 0 Å². The standard InChI is InChI=1S/C14H18O4/c1-9-7-11(17-2)12(18-3)8-10(9)14(13(15)16)5-4-6-14/h7-8H,4-6H2,1-3H3,(H,15,16). The minimum Gasteiger partial charge on any atom is -0.493 e. The number of aliphatic carboxylic acids is 1. The van der Waals surface area contributed by atoms with Gasteiger partial charge in [0.05, 0.1) is 19.6 Å². The van der Waals surface area contributed by atoms with Crippen molar-refractivity contribution in [2.75, 3.05) is 14.2 Å². The normalized spacial score (nSPS) is 16.8. The van der Waals surface area contributed by atoms with E-state index >= 15 is 0 Å². The van der Waals surface area contributed by atoms with Gasteiger partial charge in [-0.3, -0.25) is 4.79 Å². The van der Waals surface area contributed by atoms with Crippen molar-refractivity contribution in [3.8, 4) is 11.5 Å². The van der Waals surface area contributed by atoms with Crippen LogP contribution in [0.4, 0.5) is 0 Å². The second kappa shape index (κ2) is 4.52. The van der Waals surface area contributed by atoms with Crippen LogP contribution in [-0.2, 0) is 10.2 Å². The molecule has 1 aliphatic carbocycles. The fourth-order valence-corrected chi connectivity index (χ4v) is 2.62. The molecule has 2 rings (SSSR count). The maximum Gasteiger partial charge on any atom is 0.314 e. The number of methoxy groups -OCH3 is 2. The van der Waals surface area contributed by atoms with Gasteiger partial charge >= 0.3 is 5.97 Å². The topological polar surface area (TPSA) is 55.8 Å². The molecule has 0 aliphatic heterocycles. The lowest BCUT2D eigenvalue weighted by molar-refractivity contribution is -0.147. The summed E-state index contributed by atoms with van der Waals surface area (Å²) in [5.74, 6) is 0.480. The molecule has 18 heavy (non-hydrogen) atoms. The second-order valence-corrected chi connectivity index (χ2v) is 4.76. The van der Waals surface area contributed by atoms with Gasteiger partial charge in [-0.05, 0) is 43.0 Å². The molecule has 1 fully saturated rings. The lowest BCUT2D eigenvalue weighted by Crippen LogP contribution is -2.42. The lowest BCUT2D eigenvalue weighted by atomic mass is 9.63. The first-order valence-electron chi connectivity index (χ1n) is 6.01. The van der Waals surface area contributed by atoms with Gasteiger partial charge in [0, 0.05) is 0 Å². The van der Waals surface area contributed by atoms with Crippen molar-refractivity contribution in [3.63, 3.8) is 0 Å². The van der Waals surface area contributed by atoms with E-state index in [1.807, 2.05) is 13.0 Å². The van der Waals surface area contributed by atoms with Gasteiger partial charge in [-0.25, -0.2) is 0 Å². The Morgan fingerprint density at radius 1 is 1.22 bits per heavy atom. The van der Waals surface area contributed by atoms with Crippen LogP contribution in [0.1, 0.15) is 30.4 Å². The van der Waals surface area contributed by atoms with Crippen LogP contribution in [0.25, 0.3) is 0 Å². The molecule has 4 nitrogen and oxygen atoms in total. The molecule has 0 saturated heterocycles. The van der Waals surface area contributed by atoms with E-state index in [4.69, 9.17) is 9.47 Å². The van der Waals surface area contributed by atoms with Gasteiger partial charge in [0.1, 0.15) is 0 Å². The van der Waals surface area contributed by atoms with Gasteiger partial charge < -0.3 is 14.6 Å². The number of hydrogen-bond donors (Lipinski definition) is 1. The Labute approximate surface area is 107 Å². The molecule has 1 aliphatic rings. The molecule has 0 aromatic heterocycles. The highest BCUT2D eigenvalue weighted by atomic mass is 16.5. The summed E-state index contributed by atoms with van der Waals surface area (Å²) < 4.78 is 10.5. The molecule has 1 saturated carbocycles. The van der Waals surface area contributed by atoms with Crippen molar-refractivity contribution < 1.29 is 19.4 Å². The first-order valence-corrected chi connectivity index (χ1v) is 6.01. The smallest absolute Gasteiger partial charge is 0.314 e. The van der Waals surface area contributed by atoms with Crippen LogP contribution in [0.2, 0.25) is 0 Å². The molecule has 98 valence electrons. The van der Waals surface area contributed by atoms with E-state index in [0.29, 0.717) is 24.3 Å². The fourth-order valence-electron chi connectivity index (χ4n) is 2.62. The third-order valence-electron chi connectivity index (χ3n) is 3.86. The maximum absolute atomic E-state index is 11.5. The molecule has 0 radical (unpaired) electrons. The zero-order valence-electron chi connectivity index (χ0n) is 10.9. The van der Waals surface area contributed by atoms with Crippen LogP contribution < -0.4 is 9.47 Å². The van der Waals surface area contributed by atoms with Gasteiger partial charge in [-0.1, -0.05) is 6.42 Å². The van der Waals surface area contributed by atoms with Crippen LogP contribution in [0, 0.1) is 6.92 Å². The Hall–Kier alpha value is -1.71. The number of carboxylic acids is 1. The average Bonchev–Trinajstić information content (AvgIpc) is 2.28. The SMILES string of the molecule is COc1cc(C)c(C2(C(=O)O)CCC2)cc1OC. The fraction of sp³-hybridized carbons (Fsp3) is 0.500. The van der Waals surface area contributed by atoms with Crippen LogP contribution in [0.5, 0.6) is 11.5 Å². The van der Waals surface area contributed by atoms with E-state index in [0.717, 1.165) is 17.5 Å². The monoisotopic (exact) mass is 250 g/mol. The van der Waals surface area contributed by atoms with Gasteiger partial charge in [-0.15, -0.1) is 0 Å². The minimum atomic E-state index is -0.746. The van der Waals surface area contributed by atoms with E-state index in [1.54, 1.807) is 20.3 Å². The summed E-state index contributed by atoms with van der Waals surface area (Å²) in [5, 5.41) is 9.48. The van der Waals surface area contributed by atoms with E-state index < -0.39 is 11.4 Å². The molecule has 0 bridgehead atoms. The number of carboxylic acid groups (broad SMARTS) is 1. The van der Waals surface area contributed by atoms with Gasteiger partial charge in [0.15, 0.2) is 11.5 Å². The van der Waals surface area contributed by atoms with Crippen molar-refractivity contribution >= 4 is 5.97 Å². The summed E-state index contributed by atoms with van der Waals surface area (Å²) >= 11 is 0. The average molecular weight is 250 g/mol. The van der Waals surface area contributed by atoms with Crippen molar-refractivity contribution in [3.05, 3.63) is 23.3 Å². The van der Waals surface area contributed by atoms with Crippen LogP contribution >= 0.6 is 0 Å². The van der Waals surface area contributed by atoms with Crippen molar-refractivity contribution in [2.24, 2.45) is 0 Å². The number of carbonyl (C=O) groups is 1. The Kier molecular flexibility index (Phi) is 3.20. The highest BCUT2D eigenvalue weighted by molar-refractivity contribution is 5.83.